The molecule has 2 aromatic heterocycles. The van der Waals surface area contributed by atoms with E-state index in [1.165, 1.54) is 6.07 Å². The van der Waals surface area contributed by atoms with Crippen molar-refractivity contribution in [1.82, 2.24) is 20.0 Å². The third kappa shape index (κ3) is 2.53. The van der Waals surface area contributed by atoms with Crippen molar-refractivity contribution < 1.29 is 14.6 Å². The van der Waals surface area contributed by atoms with E-state index in [0.29, 0.717) is 23.5 Å². The Kier molecular flexibility index (Phi) is 3.23. The molecule has 7 nitrogen and oxygen atoms in total. The van der Waals surface area contributed by atoms with Crippen molar-refractivity contribution in [2.24, 2.45) is 0 Å². The topological polar surface area (TPSA) is 90.1 Å². The number of ether oxygens (including phenoxy) is 1. The van der Waals surface area contributed by atoms with Crippen molar-refractivity contribution in [2.75, 3.05) is 7.11 Å². The summed E-state index contributed by atoms with van der Waals surface area (Å²) in [6.07, 6.45) is 1.65. The molecule has 1 aromatic carbocycles. The first-order valence-corrected chi connectivity index (χ1v) is 6.23. The average Bonchev–Trinajstić information content (AvgIpc) is 2.90. The standard InChI is InChI=1S/C14H12N4O3/c1-21-13-6-9(4-5-15-13)8-18-12-7-10(14(19)20)2-3-11(12)16-17-18/h2-7H,8H2,1H3,(H,19,20). The molecule has 0 aliphatic rings. The number of aromatic carboxylic acids is 1. The molecule has 0 fully saturated rings. The fraction of sp³-hybridized carbons (Fsp3) is 0.143. The van der Waals surface area contributed by atoms with E-state index in [0.717, 1.165) is 5.56 Å². The third-order valence-corrected chi connectivity index (χ3v) is 3.10. The lowest BCUT2D eigenvalue weighted by atomic mass is 10.2. The second-order valence-electron chi connectivity index (χ2n) is 4.46. The monoisotopic (exact) mass is 284 g/mol. The van der Waals surface area contributed by atoms with Crippen LogP contribution in [0.2, 0.25) is 0 Å². The maximum atomic E-state index is 11.0. The first-order valence-electron chi connectivity index (χ1n) is 6.23. The minimum Gasteiger partial charge on any atom is -0.481 e. The molecule has 0 spiro atoms. The normalized spacial score (nSPS) is 10.7. The van der Waals surface area contributed by atoms with Gasteiger partial charge in [-0.25, -0.2) is 14.5 Å². The lowest BCUT2D eigenvalue weighted by Gasteiger charge is -2.05. The summed E-state index contributed by atoms with van der Waals surface area (Å²) < 4.78 is 6.73. The fourth-order valence-corrected chi connectivity index (χ4v) is 2.05. The van der Waals surface area contributed by atoms with Crippen molar-refractivity contribution in [3.63, 3.8) is 0 Å². The van der Waals surface area contributed by atoms with Crippen LogP contribution >= 0.6 is 0 Å². The molecule has 7 heteroatoms. The third-order valence-electron chi connectivity index (χ3n) is 3.10. The lowest BCUT2D eigenvalue weighted by molar-refractivity contribution is 0.0697. The van der Waals surface area contributed by atoms with Crippen LogP contribution in [0.4, 0.5) is 0 Å². The Labute approximate surface area is 119 Å². The van der Waals surface area contributed by atoms with Gasteiger partial charge in [0.15, 0.2) is 0 Å². The Morgan fingerprint density at radius 2 is 2.19 bits per heavy atom. The van der Waals surface area contributed by atoms with Crippen LogP contribution in [0.5, 0.6) is 5.88 Å². The number of methoxy groups -OCH3 is 1. The zero-order valence-electron chi connectivity index (χ0n) is 11.2. The number of benzene rings is 1. The molecule has 21 heavy (non-hydrogen) atoms. The smallest absolute Gasteiger partial charge is 0.335 e. The molecule has 3 rings (SSSR count). The second-order valence-corrected chi connectivity index (χ2v) is 4.46. The van der Waals surface area contributed by atoms with Crippen molar-refractivity contribution in [2.45, 2.75) is 6.54 Å². The van der Waals surface area contributed by atoms with Gasteiger partial charge in [-0.3, -0.25) is 0 Å². The highest BCUT2D eigenvalue weighted by atomic mass is 16.5. The van der Waals surface area contributed by atoms with Crippen molar-refractivity contribution in [3.8, 4) is 5.88 Å². The second kappa shape index (κ2) is 5.20. The van der Waals surface area contributed by atoms with E-state index in [1.54, 1.807) is 36.2 Å². The number of carboxylic acid groups (broad SMARTS) is 1. The number of pyridine rings is 1. The van der Waals surface area contributed by atoms with Crippen LogP contribution in [0, 0.1) is 0 Å². The molecular weight excluding hydrogens is 272 g/mol. The summed E-state index contributed by atoms with van der Waals surface area (Å²) >= 11 is 0. The van der Waals surface area contributed by atoms with Crippen LogP contribution in [0.1, 0.15) is 15.9 Å². The van der Waals surface area contributed by atoms with E-state index in [4.69, 9.17) is 9.84 Å². The van der Waals surface area contributed by atoms with Gasteiger partial charge in [-0.1, -0.05) is 5.21 Å². The Morgan fingerprint density at radius 3 is 2.95 bits per heavy atom. The molecule has 2 heterocycles. The van der Waals surface area contributed by atoms with Crippen LogP contribution in [-0.4, -0.2) is 38.2 Å². The van der Waals surface area contributed by atoms with E-state index in [9.17, 15) is 4.79 Å². The molecule has 0 atom stereocenters. The number of nitrogens with zero attached hydrogens (tertiary/aromatic N) is 4. The number of aromatic nitrogens is 4. The van der Waals surface area contributed by atoms with E-state index in [2.05, 4.69) is 15.3 Å². The van der Waals surface area contributed by atoms with Gasteiger partial charge in [0.1, 0.15) is 5.52 Å². The number of hydrogen-bond acceptors (Lipinski definition) is 5. The molecule has 0 bridgehead atoms. The van der Waals surface area contributed by atoms with Crippen LogP contribution < -0.4 is 4.74 Å². The maximum absolute atomic E-state index is 11.0. The van der Waals surface area contributed by atoms with Crippen molar-refractivity contribution in [3.05, 3.63) is 47.7 Å². The SMILES string of the molecule is COc1cc(Cn2nnc3ccc(C(=O)O)cc32)ccn1. The Hall–Kier alpha value is -2.96. The highest BCUT2D eigenvalue weighted by Crippen LogP contribution is 2.16. The highest BCUT2D eigenvalue weighted by molar-refractivity contribution is 5.92. The van der Waals surface area contributed by atoms with Gasteiger partial charge in [-0.05, 0) is 29.8 Å². The number of hydrogen-bond donors (Lipinski definition) is 1. The zero-order valence-corrected chi connectivity index (χ0v) is 11.2. The van der Waals surface area contributed by atoms with Crippen molar-refractivity contribution >= 4 is 17.0 Å². The largest absolute Gasteiger partial charge is 0.481 e. The van der Waals surface area contributed by atoms with E-state index in [-0.39, 0.29) is 5.56 Å². The molecule has 0 saturated carbocycles. The maximum Gasteiger partial charge on any atom is 0.335 e. The Bertz CT molecular complexity index is 813. The Balaban J connectivity index is 1.99. The van der Waals surface area contributed by atoms with Crippen LogP contribution in [-0.2, 0) is 6.54 Å². The molecular formula is C14H12N4O3. The summed E-state index contributed by atoms with van der Waals surface area (Å²) in [6, 6.07) is 8.37. The van der Waals surface area contributed by atoms with E-state index in [1.807, 2.05) is 6.07 Å². The van der Waals surface area contributed by atoms with Gasteiger partial charge in [-0.2, -0.15) is 0 Å². The van der Waals surface area contributed by atoms with Gasteiger partial charge in [-0.15, -0.1) is 5.10 Å². The molecule has 0 aliphatic carbocycles. The zero-order chi connectivity index (χ0) is 14.8. The molecule has 0 aliphatic heterocycles. The van der Waals surface area contributed by atoms with Crippen molar-refractivity contribution in [1.29, 1.82) is 0 Å². The quantitative estimate of drug-likeness (QED) is 0.782. The number of fused-ring (bicyclic) bond motifs is 1. The summed E-state index contributed by atoms with van der Waals surface area (Å²) in [5.74, 6) is -0.460. The molecule has 0 amide bonds. The molecule has 1 N–H and O–H groups in total. The first-order chi connectivity index (χ1) is 10.2. The first kappa shape index (κ1) is 13.0. The molecule has 3 aromatic rings. The average molecular weight is 284 g/mol. The predicted molar refractivity (Wildman–Crippen MR) is 74.4 cm³/mol. The van der Waals surface area contributed by atoms with Gasteiger partial charge < -0.3 is 9.84 Å². The number of rotatable bonds is 4. The lowest BCUT2D eigenvalue weighted by Crippen LogP contribution is -2.03. The minimum atomic E-state index is -0.977. The van der Waals surface area contributed by atoms with Crippen LogP contribution in [0.25, 0.3) is 11.0 Å². The van der Waals surface area contributed by atoms with E-state index < -0.39 is 5.97 Å². The van der Waals surface area contributed by atoms with Gasteiger partial charge in [0.05, 0.1) is 24.7 Å². The highest BCUT2D eigenvalue weighted by Gasteiger charge is 2.10. The Morgan fingerprint density at radius 1 is 1.33 bits per heavy atom. The van der Waals surface area contributed by atoms with Gasteiger partial charge >= 0.3 is 5.97 Å². The molecule has 0 radical (unpaired) electrons. The summed E-state index contributed by atoms with van der Waals surface area (Å²) in [7, 11) is 1.55. The minimum absolute atomic E-state index is 0.207. The van der Waals surface area contributed by atoms with Gasteiger partial charge in [0.25, 0.3) is 0 Å². The molecule has 0 unspecified atom stereocenters. The predicted octanol–water partition coefficient (Wildman–Crippen LogP) is 1.58. The summed E-state index contributed by atoms with van der Waals surface area (Å²) in [4.78, 5) is 15.1. The number of carbonyl (C=O) groups is 1. The fourth-order valence-electron chi connectivity index (χ4n) is 2.05. The van der Waals surface area contributed by atoms with E-state index >= 15 is 0 Å². The number of carboxylic acids is 1. The summed E-state index contributed by atoms with van der Waals surface area (Å²) in [5, 5.41) is 17.1. The van der Waals surface area contributed by atoms with Crippen LogP contribution in [0.15, 0.2) is 36.5 Å². The summed E-state index contributed by atoms with van der Waals surface area (Å²) in [6.45, 7) is 0.457. The van der Waals surface area contributed by atoms with Crippen LogP contribution in [0.3, 0.4) is 0 Å². The van der Waals surface area contributed by atoms with Gasteiger partial charge in [0.2, 0.25) is 5.88 Å². The molecule has 0 saturated heterocycles. The molecule has 106 valence electrons. The summed E-state index contributed by atoms with van der Waals surface area (Å²) in [5.41, 5.74) is 2.47. The van der Waals surface area contributed by atoms with Gasteiger partial charge in [0, 0.05) is 12.3 Å².